The Kier molecular flexibility index (Phi) is 7.67. The SMILES string of the molecule is CCCCOc1ccccc1NC(=O)CNc1ccc(N(C)C(C)=O)cc1. The van der Waals surface area contributed by atoms with E-state index in [0.717, 1.165) is 24.2 Å². The predicted molar refractivity (Wildman–Crippen MR) is 109 cm³/mol. The van der Waals surface area contributed by atoms with Crippen LogP contribution in [0.4, 0.5) is 17.1 Å². The van der Waals surface area contributed by atoms with Gasteiger partial charge in [-0.25, -0.2) is 0 Å². The fraction of sp³-hybridized carbons (Fsp3) is 0.333. The highest BCUT2D eigenvalue weighted by molar-refractivity contribution is 5.95. The van der Waals surface area contributed by atoms with E-state index in [0.29, 0.717) is 18.0 Å². The molecule has 2 aromatic carbocycles. The van der Waals surface area contributed by atoms with Crippen LogP contribution < -0.4 is 20.3 Å². The van der Waals surface area contributed by atoms with Gasteiger partial charge in [-0.05, 0) is 42.8 Å². The van der Waals surface area contributed by atoms with Crippen molar-refractivity contribution in [3.63, 3.8) is 0 Å². The van der Waals surface area contributed by atoms with Crippen molar-refractivity contribution in [2.45, 2.75) is 26.7 Å². The van der Waals surface area contributed by atoms with Crippen molar-refractivity contribution >= 4 is 28.9 Å². The van der Waals surface area contributed by atoms with Crippen LogP contribution in [0, 0.1) is 0 Å². The zero-order valence-electron chi connectivity index (χ0n) is 16.1. The number of hydrogen-bond acceptors (Lipinski definition) is 4. The summed E-state index contributed by atoms with van der Waals surface area (Å²) in [7, 11) is 1.72. The minimum absolute atomic E-state index is 0.0325. The summed E-state index contributed by atoms with van der Waals surface area (Å²) in [6.45, 7) is 4.38. The smallest absolute Gasteiger partial charge is 0.243 e. The van der Waals surface area contributed by atoms with Crippen LogP contribution in [0.5, 0.6) is 5.75 Å². The van der Waals surface area contributed by atoms with E-state index >= 15 is 0 Å². The third-order valence-corrected chi connectivity index (χ3v) is 4.10. The molecule has 0 aromatic heterocycles. The normalized spacial score (nSPS) is 10.2. The molecule has 144 valence electrons. The predicted octanol–water partition coefficient (Wildman–Crippen LogP) is 3.90. The number of carbonyl (C=O) groups is 2. The second-order valence-electron chi connectivity index (χ2n) is 6.22. The van der Waals surface area contributed by atoms with E-state index in [1.54, 1.807) is 11.9 Å². The van der Waals surface area contributed by atoms with Gasteiger partial charge in [-0.15, -0.1) is 0 Å². The zero-order chi connectivity index (χ0) is 19.6. The number of ether oxygens (including phenoxy) is 1. The van der Waals surface area contributed by atoms with Gasteiger partial charge in [-0.2, -0.15) is 0 Å². The molecule has 0 saturated heterocycles. The molecule has 2 N–H and O–H groups in total. The number of nitrogens with zero attached hydrogens (tertiary/aromatic N) is 1. The third kappa shape index (κ3) is 6.33. The molecule has 0 aliphatic heterocycles. The van der Waals surface area contributed by atoms with E-state index in [-0.39, 0.29) is 18.4 Å². The Morgan fingerprint density at radius 1 is 1.07 bits per heavy atom. The molecule has 0 heterocycles. The van der Waals surface area contributed by atoms with Crippen molar-refractivity contribution in [2.24, 2.45) is 0 Å². The highest BCUT2D eigenvalue weighted by Crippen LogP contribution is 2.24. The highest BCUT2D eigenvalue weighted by atomic mass is 16.5. The first-order chi connectivity index (χ1) is 13.0. The molecule has 6 nitrogen and oxygen atoms in total. The largest absolute Gasteiger partial charge is 0.491 e. The third-order valence-electron chi connectivity index (χ3n) is 4.10. The Morgan fingerprint density at radius 2 is 1.78 bits per heavy atom. The van der Waals surface area contributed by atoms with Gasteiger partial charge >= 0.3 is 0 Å². The Bertz CT molecular complexity index is 760. The summed E-state index contributed by atoms with van der Waals surface area (Å²) in [5.74, 6) is 0.484. The molecule has 0 spiro atoms. The topological polar surface area (TPSA) is 70.7 Å². The maximum atomic E-state index is 12.3. The standard InChI is InChI=1S/C21H27N3O3/c1-4-5-14-27-20-9-7-6-8-19(20)23-21(26)15-22-17-10-12-18(13-11-17)24(3)16(2)25/h6-13,22H,4-5,14-15H2,1-3H3,(H,23,26). The quantitative estimate of drug-likeness (QED) is 0.658. The fourth-order valence-corrected chi connectivity index (χ4v) is 2.38. The van der Waals surface area contributed by atoms with Gasteiger partial charge in [0.15, 0.2) is 0 Å². The lowest BCUT2D eigenvalue weighted by atomic mass is 10.2. The van der Waals surface area contributed by atoms with Crippen molar-refractivity contribution < 1.29 is 14.3 Å². The van der Waals surface area contributed by atoms with E-state index < -0.39 is 0 Å². The summed E-state index contributed by atoms with van der Waals surface area (Å²) in [5, 5.41) is 5.95. The summed E-state index contributed by atoms with van der Waals surface area (Å²) >= 11 is 0. The van der Waals surface area contributed by atoms with Gasteiger partial charge < -0.3 is 20.3 Å². The van der Waals surface area contributed by atoms with Crippen LogP contribution in [0.2, 0.25) is 0 Å². The molecule has 6 heteroatoms. The first kappa shape index (κ1) is 20.3. The van der Waals surface area contributed by atoms with Crippen molar-refractivity contribution in [3.8, 4) is 5.75 Å². The lowest BCUT2D eigenvalue weighted by Crippen LogP contribution is -2.23. The van der Waals surface area contributed by atoms with E-state index in [9.17, 15) is 9.59 Å². The molecular formula is C21H27N3O3. The molecule has 2 aromatic rings. The zero-order valence-corrected chi connectivity index (χ0v) is 16.1. The van der Waals surface area contributed by atoms with Crippen molar-refractivity contribution in [2.75, 3.05) is 35.7 Å². The lowest BCUT2D eigenvalue weighted by molar-refractivity contribution is -0.116. The number of hydrogen-bond donors (Lipinski definition) is 2. The Hall–Kier alpha value is -3.02. The molecule has 2 amide bonds. The van der Waals surface area contributed by atoms with Gasteiger partial charge in [0.05, 0.1) is 18.8 Å². The molecule has 0 bridgehead atoms. The first-order valence-corrected chi connectivity index (χ1v) is 9.11. The number of nitrogens with one attached hydrogen (secondary N) is 2. The number of para-hydroxylation sites is 2. The fourth-order valence-electron chi connectivity index (χ4n) is 2.38. The van der Waals surface area contributed by atoms with E-state index in [4.69, 9.17) is 4.74 Å². The van der Waals surface area contributed by atoms with E-state index in [1.165, 1.54) is 6.92 Å². The minimum Gasteiger partial charge on any atom is -0.491 e. The summed E-state index contributed by atoms with van der Waals surface area (Å²) in [4.78, 5) is 25.2. The van der Waals surface area contributed by atoms with Gasteiger partial charge in [-0.3, -0.25) is 9.59 Å². The summed E-state index contributed by atoms with van der Waals surface area (Å²) in [6.07, 6.45) is 2.03. The maximum absolute atomic E-state index is 12.3. The number of carbonyl (C=O) groups excluding carboxylic acids is 2. The summed E-state index contributed by atoms with van der Waals surface area (Å²) in [6, 6.07) is 14.8. The van der Waals surface area contributed by atoms with Gasteiger partial charge in [0.2, 0.25) is 11.8 Å². The average molecular weight is 369 g/mol. The van der Waals surface area contributed by atoms with Gasteiger partial charge in [0.25, 0.3) is 0 Å². The van der Waals surface area contributed by atoms with E-state index in [2.05, 4.69) is 17.6 Å². The molecule has 27 heavy (non-hydrogen) atoms. The van der Waals surface area contributed by atoms with Gasteiger partial charge in [0.1, 0.15) is 5.75 Å². The first-order valence-electron chi connectivity index (χ1n) is 9.11. The number of anilines is 3. The molecule has 0 aliphatic carbocycles. The van der Waals surface area contributed by atoms with Crippen LogP contribution >= 0.6 is 0 Å². The van der Waals surface area contributed by atoms with Crippen LogP contribution in [0.1, 0.15) is 26.7 Å². The number of rotatable bonds is 9. The summed E-state index contributed by atoms with van der Waals surface area (Å²) in [5.41, 5.74) is 2.27. The van der Waals surface area contributed by atoms with Crippen LogP contribution in [0.25, 0.3) is 0 Å². The average Bonchev–Trinajstić information content (AvgIpc) is 2.67. The Labute approximate surface area is 160 Å². The molecule has 0 radical (unpaired) electrons. The number of amides is 2. The van der Waals surface area contributed by atoms with Crippen molar-refractivity contribution in [3.05, 3.63) is 48.5 Å². The second-order valence-corrected chi connectivity index (χ2v) is 6.22. The Morgan fingerprint density at radius 3 is 2.44 bits per heavy atom. The molecule has 0 unspecified atom stereocenters. The highest BCUT2D eigenvalue weighted by Gasteiger charge is 2.08. The molecule has 0 saturated carbocycles. The maximum Gasteiger partial charge on any atom is 0.243 e. The lowest BCUT2D eigenvalue weighted by Gasteiger charge is -2.16. The molecular weight excluding hydrogens is 342 g/mol. The second kappa shape index (κ2) is 10.2. The van der Waals surface area contributed by atoms with Crippen LogP contribution in [0.15, 0.2) is 48.5 Å². The minimum atomic E-state index is -0.161. The number of benzene rings is 2. The molecule has 0 atom stereocenters. The van der Waals surface area contributed by atoms with Crippen LogP contribution in [0.3, 0.4) is 0 Å². The molecule has 0 fully saturated rings. The van der Waals surface area contributed by atoms with Gasteiger partial charge in [-0.1, -0.05) is 25.5 Å². The molecule has 0 aliphatic rings. The van der Waals surface area contributed by atoms with Crippen LogP contribution in [-0.4, -0.2) is 32.0 Å². The van der Waals surface area contributed by atoms with Crippen molar-refractivity contribution in [1.82, 2.24) is 0 Å². The van der Waals surface area contributed by atoms with Crippen LogP contribution in [-0.2, 0) is 9.59 Å². The molecule has 2 rings (SSSR count). The van der Waals surface area contributed by atoms with Gasteiger partial charge in [0, 0.05) is 25.3 Å². The number of unbranched alkanes of at least 4 members (excludes halogenated alkanes) is 1. The Balaban J connectivity index is 1.88. The van der Waals surface area contributed by atoms with E-state index in [1.807, 2.05) is 48.5 Å². The van der Waals surface area contributed by atoms with Crippen molar-refractivity contribution in [1.29, 1.82) is 0 Å². The summed E-state index contributed by atoms with van der Waals surface area (Å²) < 4.78 is 5.73. The monoisotopic (exact) mass is 369 g/mol.